The second kappa shape index (κ2) is 7.63. The van der Waals surface area contributed by atoms with E-state index in [0.29, 0.717) is 19.4 Å². The molecule has 0 radical (unpaired) electrons. The Hall–Kier alpha value is -0.900. The zero-order chi connectivity index (χ0) is 14.3. The zero-order valence-corrected chi connectivity index (χ0v) is 12.8. The number of rotatable bonds is 6. The molecule has 0 aliphatic carbocycles. The highest BCUT2D eigenvalue weighted by molar-refractivity contribution is 5.95. The lowest BCUT2D eigenvalue weighted by Crippen LogP contribution is -2.36. The number of hydrogen-bond acceptors (Lipinski definition) is 2. The molecule has 19 heavy (non-hydrogen) atoms. The third-order valence-electron chi connectivity index (χ3n) is 3.59. The summed E-state index contributed by atoms with van der Waals surface area (Å²) >= 11 is 0. The van der Waals surface area contributed by atoms with Crippen LogP contribution >= 0.6 is 0 Å². The molecule has 1 aliphatic heterocycles. The van der Waals surface area contributed by atoms with Crippen LogP contribution in [0, 0.1) is 0 Å². The van der Waals surface area contributed by atoms with Crippen LogP contribution in [0.15, 0.2) is 0 Å². The number of unbranched alkanes of at least 4 members (excludes halogenated alkanes) is 2. The van der Waals surface area contributed by atoms with Crippen LogP contribution in [-0.4, -0.2) is 55.4 Å². The molecule has 0 saturated carbocycles. The van der Waals surface area contributed by atoms with E-state index < -0.39 is 0 Å². The van der Waals surface area contributed by atoms with E-state index in [-0.39, 0.29) is 11.8 Å². The minimum atomic E-state index is 0.0360. The van der Waals surface area contributed by atoms with Crippen molar-refractivity contribution in [3.05, 3.63) is 0 Å². The van der Waals surface area contributed by atoms with Crippen LogP contribution in [0.5, 0.6) is 0 Å². The first kappa shape index (κ1) is 16.2. The molecule has 2 amide bonds. The number of hydrogen-bond donors (Lipinski definition) is 0. The second-order valence-electron chi connectivity index (χ2n) is 6.57. The first-order chi connectivity index (χ1) is 8.90. The molecule has 0 spiro atoms. The lowest BCUT2D eigenvalue weighted by atomic mass is 10.1. The Morgan fingerprint density at radius 2 is 1.84 bits per heavy atom. The number of likely N-dealkylation sites (tertiary alicyclic amines) is 1. The van der Waals surface area contributed by atoms with Gasteiger partial charge in [-0.15, -0.1) is 0 Å². The maximum atomic E-state index is 12.0. The number of carbonyl (C=O) groups is 2. The smallest absolute Gasteiger partial charge is 0.229 e. The van der Waals surface area contributed by atoms with E-state index in [4.69, 9.17) is 0 Å². The lowest BCUT2D eigenvalue weighted by Gasteiger charge is -2.23. The quantitative estimate of drug-likeness (QED) is 0.547. The van der Waals surface area contributed by atoms with E-state index in [2.05, 4.69) is 21.1 Å². The SMILES string of the molecule is C[N+](C)(C)CCCCCC(=O)N1CCCCCC1=O. The van der Waals surface area contributed by atoms with Crippen LogP contribution in [0.2, 0.25) is 0 Å². The van der Waals surface area contributed by atoms with E-state index in [1.807, 2.05) is 0 Å². The van der Waals surface area contributed by atoms with Crippen LogP contribution in [0.4, 0.5) is 0 Å². The normalized spacial score (nSPS) is 17.4. The lowest BCUT2D eigenvalue weighted by molar-refractivity contribution is -0.870. The van der Waals surface area contributed by atoms with Crippen molar-refractivity contribution in [2.45, 2.75) is 51.4 Å². The molecule has 0 unspecified atom stereocenters. The molecule has 0 atom stereocenters. The average molecular weight is 269 g/mol. The van der Waals surface area contributed by atoms with Gasteiger partial charge in [0, 0.05) is 19.4 Å². The fourth-order valence-electron chi connectivity index (χ4n) is 2.42. The Morgan fingerprint density at radius 1 is 1.11 bits per heavy atom. The van der Waals surface area contributed by atoms with E-state index >= 15 is 0 Å². The molecule has 0 N–H and O–H groups in total. The van der Waals surface area contributed by atoms with Gasteiger partial charge in [0.05, 0.1) is 27.7 Å². The predicted molar refractivity (Wildman–Crippen MR) is 76.6 cm³/mol. The van der Waals surface area contributed by atoms with E-state index in [1.54, 1.807) is 0 Å². The summed E-state index contributed by atoms with van der Waals surface area (Å²) in [6, 6.07) is 0. The number of nitrogens with zero attached hydrogens (tertiary/aromatic N) is 2. The molecule has 1 saturated heterocycles. The first-order valence-corrected chi connectivity index (χ1v) is 7.54. The van der Waals surface area contributed by atoms with Gasteiger partial charge in [0.25, 0.3) is 0 Å². The van der Waals surface area contributed by atoms with Crippen LogP contribution in [-0.2, 0) is 9.59 Å². The molecule has 4 heteroatoms. The summed E-state index contributed by atoms with van der Waals surface area (Å²) in [5.74, 6) is 0.0750. The van der Waals surface area contributed by atoms with Gasteiger partial charge in [-0.3, -0.25) is 14.5 Å². The molecule has 1 fully saturated rings. The van der Waals surface area contributed by atoms with Crippen LogP contribution < -0.4 is 0 Å². The van der Waals surface area contributed by atoms with Crippen molar-refractivity contribution < 1.29 is 14.1 Å². The van der Waals surface area contributed by atoms with Gasteiger partial charge in [-0.2, -0.15) is 0 Å². The third-order valence-corrected chi connectivity index (χ3v) is 3.59. The molecule has 0 aromatic rings. The number of amides is 2. The summed E-state index contributed by atoms with van der Waals surface area (Å²) < 4.78 is 0.971. The van der Waals surface area contributed by atoms with Gasteiger partial charge in [-0.05, 0) is 32.1 Å². The molecule has 0 aromatic carbocycles. The molecular weight excluding hydrogens is 240 g/mol. The summed E-state index contributed by atoms with van der Waals surface area (Å²) in [7, 11) is 6.54. The minimum Gasteiger partial charge on any atom is -0.331 e. The highest BCUT2D eigenvalue weighted by atomic mass is 16.2. The largest absolute Gasteiger partial charge is 0.331 e. The second-order valence-corrected chi connectivity index (χ2v) is 6.57. The van der Waals surface area contributed by atoms with Crippen molar-refractivity contribution in [2.24, 2.45) is 0 Å². The van der Waals surface area contributed by atoms with Gasteiger partial charge in [-0.1, -0.05) is 6.42 Å². The first-order valence-electron chi connectivity index (χ1n) is 7.54. The molecule has 110 valence electrons. The number of quaternary nitrogens is 1. The molecule has 1 rings (SSSR count). The maximum absolute atomic E-state index is 12.0. The maximum Gasteiger partial charge on any atom is 0.229 e. The van der Waals surface area contributed by atoms with Crippen LogP contribution in [0.25, 0.3) is 0 Å². The van der Waals surface area contributed by atoms with Gasteiger partial charge in [0.1, 0.15) is 0 Å². The summed E-state index contributed by atoms with van der Waals surface area (Å²) in [6.07, 6.45) is 7.18. The molecule has 1 aliphatic rings. The fourth-order valence-corrected chi connectivity index (χ4v) is 2.42. The van der Waals surface area contributed by atoms with E-state index in [0.717, 1.165) is 49.6 Å². The zero-order valence-electron chi connectivity index (χ0n) is 12.8. The summed E-state index contributed by atoms with van der Waals surface area (Å²) in [5.41, 5.74) is 0. The number of imide groups is 1. The fraction of sp³-hybridized carbons (Fsp3) is 0.867. The molecular formula is C15H29N2O2+. The van der Waals surface area contributed by atoms with Crippen molar-refractivity contribution in [1.29, 1.82) is 0 Å². The minimum absolute atomic E-state index is 0.0360. The molecule has 1 heterocycles. The Kier molecular flexibility index (Phi) is 6.49. The Morgan fingerprint density at radius 3 is 2.53 bits per heavy atom. The molecule has 0 bridgehead atoms. The summed E-state index contributed by atoms with van der Waals surface area (Å²) in [4.78, 5) is 25.3. The van der Waals surface area contributed by atoms with Crippen LogP contribution in [0.1, 0.15) is 51.4 Å². The molecule has 0 aromatic heterocycles. The Balaban J connectivity index is 2.21. The van der Waals surface area contributed by atoms with Gasteiger partial charge in [0.2, 0.25) is 11.8 Å². The van der Waals surface area contributed by atoms with E-state index in [1.165, 1.54) is 4.90 Å². The van der Waals surface area contributed by atoms with Gasteiger partial charge >= 0.3 is 0 Å². The van der Waals surface area contributed by atoms with Crippen molar-refractivity contribution in [3.63, 3.8) is 0 Å². The van der Waals surface area contributed by atoms with Crippen molar-refractivity contribution in [3.8, 4) is 0 Å². The predicted octanol–water partition coefficient (Wildman–Crippen LogP) is 2.18. The monoisotopic (exact) mass is 269 g/mol. The third kappa shape index (κ3) is 6.71. The summed E-state index contributed by atoms with van der Waals surface area (Å²) in [5, 5.41) is 0. The highest BCUT2D eigenvalue weighted by Crippen LogP contribution is 2.13. The van der Waals surface area contributed by atoms with E-state index in [9.17, 15) is 9.59 Å². The summed E-state index contributed by atoms with van der Waals surface area (Å²) in [6.45, 7) is 1.77. The van der Waals surface area contributed by atoms with Crippen molar-refractivity contribution >= 4 is 11.8 Å². The standard InChI is InChI=1S/C15H29N2O2/c1-17(2,3)13-9-5-7-11-15(19)16-12-8-4-6-10-14(16)18/h4-13H2,1-3H3/q+1. The van der Waals surface area contributed by atoms with Crippen LogP contribution in [0.3, 0.4) is 0 Å². The van der Waals surface area contributed by atoms with Gasteiger partial charge in [0.15, 0.2) is 0 Å². The average Bonchev–Trinajstić information content (AvgIpc) is 2.51. The number of carbonyl (C=O) groups excluding carboxylic acids is 2. The van der Waals surface area contributed by atoms with Crippen molar-refractivity contribution in [1.82, 2.24) is 4.90 Å². The Labute approximate surface area is 117 Å². The van der Waals surface area contributed by atoms with Gasteiger partial charge in [-0.25, -0.2) is 0 Å². The van der Waals surface area contributed by atoms with Crippen molar-refractivity contribution in [2.75, 3.05) is 34.2 Å². The highest BCUT2D eigenvalue weighted by Gasteiger charge is 2.22. The topological polar surface area (TPSA) is 37.4 Å². The van der Waals surface area contributed by atoms with Gasteiger partial charge < -0.3 is 4.48 Å². The Bertz CT molecular complexity index is 308. The molecule has 4 nitrogen and oxygen atoms in total.